The molecule has 0 N–H and O–H groups in total. The lowest BCUT2D eigenvalue weighted by Gasteiger charge is -2.02. The summed E-state index contributed by atoms with van der Waals surface area (Å²) in [4.78, 5) is 0. The molecule has 0 atom stereocenters. The highest BCUT2D eigenvalue weighted by molar-refractivity contribution is 9.09. The Morgan fingerprint density at radius 2 is 0.519 bits per heavy atom. The van der Waals surface area contributed by atoms with Crippen LogP contribution in [-0.4, -0.2) is 10.7 Å². The fourth-order valence-electron chi connectivity index (χ4n) is 3.60. The molecule has 0 aliphatic heterocycles. The van der Waals surface area contributed by atoms with Crippen molar-refractivity contribution in [3.05, 3.63) is 12.2 Å². The minimum absolute atomic E-state index is 1.18. The molecule has 0 aromatic heterocycles. The second kappa shape index (κ2) is 26.7. The monoisotopic (exact) mass is 506 g/mol. The van der Waals surface area contributed by atoms with E-state index in [9.17, 15) is 0 Å². The quantitative estimate of drug-likeness (QED) is 0.0732. The SMILES string of the molecule is BrCCCCCCCCCCCC=CCCCCCCCCCCCCBr. The maximum absolute atomic E-state index is 3.50. The standard InChI is InChI=1S/C25H48Br2/c26-24-22-20-18-16-14-12-10-8-6-4-2-1-3-5-7-9-11-13-15-17-19-21-23-25-27/h1-2H,3-25H2. The van der Waals surface area contributed by atoms with Gasteiger partial charge in [0.05, 0.1) is 0 Å². The Morgan fingerprint density at radius 1 is 0.296 bits per heavy atom. The maximum atomic E-state index is 3.50. The third-order valence-corrected chi connectivity index (χ3v) is 6.55. The van der Waals surface area contributed by atoms with Gasteiger partial charge < -0.3 is 0 Å². The second-order valence-corrected chi connectivity index (χ2v) is 9.73. The molecule has 0 saturated carbocycles. The van der Waals surface area contributed by atoms with E-state index < -0.39 is 0 Å². The third-order valence-electron chi connectivity index (χ3n) is 5.43. The summed E-state index contributed by atoms with van der Waals surface area (Å²) in [6, 6.07) is 0. The van der Waals surface area contributed by atoms with Crippen molar-refractivity contribution in [1.29, 1.82) is 0 Å². The van der Waals surface area contributed by atoms with Gasteiger partial charge in [0.2, 0.25) is 0 Å². The predicted molar refractivity (Wildman–Crippen MR) is 134 cm³/mol. The van der Waals surface area contributed by atoms with Crippen LogP contribution >= 0.6 is 31.9 Å². The molecule has 0 nitrogen and oxygen atoms in total. The average Bonchev–Trinajstić information content (AvgIpc) is 2.68. The van der Waals surface area contributed by atoms with E-state index in [4.69, 9.17) is 0 Å². The van der Waals surface area contributed by atoms with Gasteiger partial charge in [-0.1, -0.05) is 140 Å². The molecule has 0 bridgehead atoms. The van der Waals surface area contributed by atoms with Crippen LogP contribution in [0.2, 0.25) is 0 Å². The minimum atomic E-state index is 1.18. The summed E-state index contributed by atoms with van der Waals surface area (Å²) in [5.41, 5.74) is 0. The van der Waals surface area contributed by atoms with Crippen molar-refractivity contribution in [3.8, 4) is 0 Å². The van der Waals surface area contributed by atoms with Crippen molar-refractivity contribution in [2.75, 3.05) is 10.7 Å². The van der Waals surface area contributed by atoms with Crippen LogP contribution < -0.4 is 0 Å². The van der Waals surface area contributed by atoms with E-state index in [0.29, 0.717) is 0 Å². The van der Waals surface area contributed by atoms with Gasteiger partial charge in [0.1, 0.15) is 0 Å². The fraction of sp³-hybridized carbons (Fsp3) is 0.920. The van der Waals surface area contributed by atoms with E-state index in [1.54, 1.807) is 0 Å². The summed E-state index contributed by atoms with van der Waals surface area (Å²) in [5, 5.41) is 2.36. The van der Waals surface area contributed by atoms with E-state index in [0.717, 1.165) is 0 Å². The largest absolute Gasteiger partial charge is 0.0928 e. The summed E-state index contributed by atoms with van der Waals surface area (Å²) >= 11 is 7.01. The molecular weight excluding hydrogens is 460 g/mol. The Kier molecular flexibility index (Phi) is 27.4. The Morgan fingerprint density at radius 3 is 0.778 bits per heavy atom. The van der Waals surface area contributed by atoms with Gasteiger partial charge in [0.15, 0.2) is 0 Å². The number of allylic oxidation sites excluding steroid dienone is 2. The average molecular weight is 508 g/mol. The van der Waals surface area contributed by atoms with Gasteiger partial charge >= 0.3 is 0 Å². The minimum Gasteiger partial charge on any atom is -0.0928 e. The number of unbranched alkanes of at least 4 members (excludes halogenated alkanes) is 19. The van der Waals surface area contributed by atoms with Crippen LogP contribution in [0.5, 0.6) is 0 Å². The zero-order valence-corrected chi connectivity index (χ0v) is 21.3. The Labute approximate surface area is 189 Å². The molecule has 0 aliphatic carbocycles. The highest BCUT2D eigenvalue weighted by atomic mass is 79.9. The van der Waals surface area contributed by atoms with Gasteiger partial charge in [-0.3, -0.25) is 0 Å². The first-order valence-electron chi connectivity index (χ1n) is 12.2. The predicted octanol–water partition coefficient (Wildman–Crippen LogP) is 10.5. The highest BCUT2D eigenvalue weighted by Gasteiger charge is 1.93. The van der Waals surface area contributed by atoms with Crippen LogP contribution in [0.4, 0.5) is 0 Å². The highest BCUT2D eigenvalue weighted by Crippen LogP contribution is 2.13. The van der Waals surface area contributed by atoms with Crippen LogP contribution in [-0.2, 0) is 0 Å². The molecule has 0 saturated heterocycles. The van der Waals surface area contributed by atoms with Gasteiger partial charge in [-0.2, -0.15) is 0 Å². The van der Waals surface area contributed by atoms with Crippen LogP contribution in [0.1, 0.15) is 135 Å². The number of rotatable bonds is 23. The lowest BCUT2D eigenvalue weighted by atomic mass is 10.1. The molecule has 0 amide bonds. The van der Waals surface area contributed by atoms with Crippen molar-refractivity contribution in [1.82, 2.24) is 0 Å². The zero-order chi connectivity index (χ0) is 19.7. The van der Waals surface area contributed by atoms with Crippen LogP contribution in [0.25, 0.3) is 0 Å². The van der Waals surface area contributed by atoms with E-state index in [1.165, 1.54) is 145 Å². The smallest absolute Gasteiger partial charge is 0.00313 e. The number of halogens is 2. The van der Waals surface area contributed by atoms with Crippen molar-refractivity contribution in [3.63, 3.8) is 0 Å². The van der Waals surface area contributed by atoms with Gasteiger partial charge in [-0.15, -0.1) is 0 Å². The summed E-state index contributed by atoms with van der Waals surface area (Å²) < 4.78 is 0. The summed E-state index contributed by atoms with van der Waals surface area (Å²) in [7, 11) is 0. The Balaban J connectivity index is 3.05. The molecule has 2 heteroatoms. The molecule has 27 heavy (non-hydrogen) atoms. The maximum Gasteiger partial charge on any atom is 0.00313 e. The van der Waals surface area contributed by atoms with Crippen molar-refractivity contribution in [2.45, 2.75) is 135 Å². The lowest BCUT2D eigenvalue weighted by molar-refractivity contribution is 0.558. The van der Waals surface area contributed by atoms with Crippen molar-refractivity contribution >= 4 is 31.9 Å². The summed E-state index contributed by atoms with van der Waals surface area (Å²) in [5.74, 6) is 0. The molecule has 0 unspecified atom stereocenters. The molecule has 0 aromatic rings. The van der Waals surface area contributed by atoms with E-state index >= 15 is 0 Å². The first kappa shape index (κ1) is 27.7. The van der Waals surface area contributed by atoms with Crippen LogP contribution in [0, 0.1) is 0 Å². The van der Waals surface area contributed by atoms with E-state index in [-0.39, 0.29) is 0 Å². The molecule has 0 aromatic carbocycles. The first-order valence-corrected chi connectivity index (χ1v) is 14.4. The second-order valence-electron chi connectivity index (χ2n) is 8.14. The zero-order valence-electron chi connectivity index (χ0n) is 18.2. The number of hydrogen-bond donors (Lipinski definition) is 0. The van der Waals surface area contributed by atoms with Gasteiger partial charge in [-0.05, 0) is 38.5 Å². The van der Waals surface area contributed by atoms with Crippen LogP contribution in [0.3, 0.4) is 0 Å². The summed E-state index contributed by atoms with van der Waals surface area (Å²) in [6.07, 6.45) is 34.6. The number of hydrogen-bond acceptors (Lipinski definition) is 0. The van der Waals surface area contributed by atoms with Gasteiger partial charge in [0.25, 0.3) is 0 Å². The molecule has 0 fully saturated rings. The molecule has 0 aliphatic rings. The Bertz CT molecular complexity index is 275. The Hall–Kier alpha value is 0.700. The third kappa shape index (κ3) is 26.7. The molecule has 0 radical (unpaired) electrons. The number of alkyl halides is 2. The molecule has 162 valence electrons. The first-order chi connectivity index (χ1) is 13.4. The normalized spacial score (nSPS) is 11.6. The van der Waals surface area contributed by atoms with E-state index in [2.05, 4.69) is 44.0 Å². The van der Waals surface area contributed by atoms with E-state index in [1.807, 2.05) is 0 Å². The van der Waals surface area contributed by atoms with Crippen LogP contribution in [0.15, 0.2) is 12.2 Å². The summed E-state index contributed by atoms with van der Waals surface area (Å²) in [6.45, 7) is 0. The lowest BCUT2D eigenvalue weighted by Crippen LogP contribution is -1.82. The van der Waals surface area contributed by atoms with Crippen molar-refractivity contribution in [2.24, 2.45) is 0 Å². The van der Waals surface area contributed by atoms with Gasteiger partial charge in [0, 0.05) is 10.7 Å². The fourth-order valence-corrected chi connectivity index (χ4v) is 4.39. The molecular formula is C25H48Br2. The molecule has 0 heterocycles. The van der Waals surface area contributed by atoms with Gasteiger partial charge in [-0.25, -0.2) is 0 Å². The van der Waals surface area contributed by atoms with Crippen molar-refractivity contribution < 1.29 is 0 Å². The molecule has 0 spiro atoms. The topological polar surface area (TPSA) is 0 Å². The molecule has 0 rings (SSSR count).